The smallest absolute Gasteiger partial charge is 0.345 e. The maximum absolute atomic E-state index is 12.7. The van der Waals surface area contributed by atoms with Gasteiger partial charge in [0, 0.05) is 29.9 Å². The van der Waals surface area contributed by atoms with E-state index in [9.17, 15) is 14.7 Å². The molecule has 1 spiro atoms. The Morgan fingerprint density at radius 1 is 1.36 bits per heavy atom. The number of ether oxygens (including phenoxy) is 1. The molecule has 0 unspecified atom stereocenters. The molecule has 0 atom stereocenters. The number of aromatic nitrogens is 1. The number of nitrogens with zero attached hydrogens (tertiary/aromatic N) is 1. The van der Waals surface area contributed by atoms with Crippen LogP contribution < -0.4 is 0 Å². The maximum atomic E-state index is 12.7. The highest BCUT2D eigenvalue weighted by molar-refractivity contribution is 7.14. The van der Waals surface area contributed by atoms with Crippen molar-refractivity contribution in [3.05, 3.63) is 44.9 Å². The Kier molecular flexibility index (Phi) is 3.92. The molecule has 0 aliphatic carbocycles. The monoisotopic (exact) mass is 360 g/mol. The van der Waals surface area contributed by atoms with Crippen molar-refractivity contribution in [3.8, 4) is 0 Å². The van der Waals surface area contributed by atoms with Crippen LogP contribution in [-0.4, -0.2) is 46.6 Å². The lowest BCUT2D eigenvalue weighted by Gasteiger charge is -2.43. The molecule has 2 aromatic rings. The number of carbonyl (C=O) groups excluding carboxylic acids is 1. The summed E-state index contributed by atoms with van der Waals surface area (Å²) < 4.78 is 6.14. The summed E-state index contributed by atoms with van der Waals surface area (Å²) in [6.45, 7) is 3.73. The number of H-pyrrole nitrogens is 1. The van der Waals surface area contributed by atoms with Gasteiger partial charge in [-0.3, -0.25) is 4.79 Å². The highest BCUT2D eigenvalue weighted by atomic mass is 32.1. The van der Waals surface area contributed by atoms with Crippen molar-refractivity contribution in [2.75, 3.05) is 19.7 Å². The number of likely N-dealkylation sites (tertiary alicyclic amines) is 1. The lowest BCUT2D eigenvalue weighted by atomic mass is 9.85. The van der Waals surface area contributed by atoms with E-state index in [1.54, 1.807) is 12.3 Å². The SMILES string of the molecule is Cc1[nH]ccc1C(=O)N1CCC2(CC1)OCCc1cc(C(=O)O)sc12. The number of thiophene rings is 1. The van der Waals surface area contributed by atoms with Crippen LogP contribution in [0.4, 0.5) is 0 Å². The molecule has 25 heavy (non-hydrogen) atoms. The van der Waals surface area contributed by atoms with Crippen LogP contribution >= 0.6 is 11.3 Å². The predicted octanol–water partition coefficient (Wildman–Crippen LogP) is 2.79. The highest BCUT2D eigenvalue weighted by Gasteiger charge is 2.43. The van der Waals surface area contributed by atoms with E-state index in [2.05, 4.69) is 4.98 Å². The third kappa shape index (κ3) is 2.67. The van der Waals surface area contributed by atoms with Crippen LogP contribution in [0.3, 0.4) is 0 Å². The molecule has 1 fully saturated rings. The van der Waals surface area contributed by atoms with Gasteiger partial charge in [-0.15, -0.1) is 11.3 Å². The number of fused-ring (bicyclic) bond motifs is 2. The summed E-state index contributed by atoms with van der Waals surface area (Å²) in [7, 11) is 0. The Bertz CT molecular complexity index is 830. The quantitative estimate of drug-likeness (QED) is 0.863. The minimum absolute atomic E-state index is 0.0436. The van der Waals surface area contributed by atoms with E-state index in [0.717, 1.165) is 22.6 Å². The normalized spacial score (nSPS) is 19.0. The molecule has 1 saturated heterocycles. The second-order valence-corrected chi connectivity index (χ2v) is 7.72. The van der Waals surface area contributed by atoms with E-state index in [1.807, 2.05) is 17.9 Å². The van der Waals surface area contributed by atoms with Crippen molar-refractivity contribution in [1.82, 2.24) is 9.88 Å². The number of aromatic amines is 1. The van der Waals surface area contributed by atoms with Gasteiger partial charge in [0.2, 0.25) is 0 Å². The first-order valence-electron chi connectivity index (χ1n) is 8.44. The summed E-state index contributed by atoms with van der Waals surface area (Å²) in [5, 5.41) is 9.28. The zero-order chi connectivity index (χ0) is 17.6. The molecule has 2 aromatic heterocycles. The largest absolute Gasteiger partial charge is 0.477 e. The number of aryl methyl sites for hydroxylation is 1. The van der Waals surface area contributed by atoms with Gasteiger partial charge in [-0.1, -0.05) is 0 Å². The molecule has 0 saturated carbocycles. The number of amides is 1. The third-order valence-corrected chi connectivity index (χ3v) is 6.58. The molecule has 2 aliphatic rings. The fourth-order valence-electron chi connectivity index (χ4n) is 3.82. The van der Waals surface area contributed by atoms with Crippen LogP contribution in [-0.2, 0) is 16.8 Å². The summed E-state index contributed by atoms with van der Waals surface area (Å²) in [6, 6.07) is 3.60. The van der Waals surface area contributed by atoms with Crippen molar-refractivity contribution < 1.29 is 19.4 Å². The van der Waals surface area contributed by atoms with E-state index in [-0.39, 0.29) is 5.91 Å². The average Bonchev–Trinajstić information content (AvgIpc) is 3.22. The number of hydrogen-bond donors (Lipinski definition) is 2. The average molecular weight is 360 g/mol. The van der Waals surface area contributed by atoms with E-state index in [0.29, 0.717) is 43.0 Å². The van der Waals surface area contributed by atoms with E-state index in [4.69, 9.17) is 4.74 Å². The first kappa shape index (κ1) is 16.4. The number of hydrogen-bond acceptors (Lipinski definition) is 4. The molecule has 4 heterocycles. The molecule has 6 nitrogen and oxygen atoms in total. The summed E-state index contributed by atoms with van der Waals surface area (Å²) in [5.74, 6) is -0.841. The number of aromatic carboxylic acids is 1. The molecule has 0 bridgehead atoms. The Balaban J connectivity index is 1.55. The van der Waals surface area contributed by atoms with Crippen LogP contribution in [0.15, 0.2) is 18.3 Å². The van der Waals surface area contributed by atoms with Gasteiger partial charge in [-0.05, 0) is 43.9 Å². The second-order valence-electron chi connectivity index (χ2n) is 6.67. The topological polar surface area (TPSA) is 82.6 Å². The van der Waals surface area contributed by atoms with E-state index in [1.165, 1.54) is 11.3 Å². The number of carboxylic acids is 1. The van der Waals surface area contributed by atoms with Gasteiger partial charge in [0.25, 0.3) is 5.91 Å². The summed E-state index contributed by atoms with van der Waals surface area (Å²) in [6.07, 6.45) is 3.94. The minimum atomic E-state index is -0.884. The zero-order valence-electron chi connectivity index (χ0n) is 14.0. The molecular weight excluding hydrogens is 340 g/mol. The number of rotatable bonds is 2. The highest BCUT2D eigenvalue weighted by Crippen LogP contribution is 2.45. The van der Waals surface area contributed by atoms with Gasteiger partial charge in [-0.25, -0.2) is 4.79 Å². The molecule has 2 aliphatic heterocycles. The summed E-state index contributed by atoms with van der Waals surface area (Å²) >= 11 is 1.33. The third-order valence-electron chi connectivity index (χ3n) is 5.23. The van der Waals surface area contributed by atoms with Crippen molar-refractivity contribution in [2.45, 2.75) is 31.8 Å². The van der Waals surface area contributed by atoms with Crippen LogP contribution in [0.2, 0.25) is 0 Å². The van der Waals surface area contributed by atoms with Crippen molar-refractivity contribution in [1.29, 1.82) is 0 Å². The van der Waals surface area contributed by atoms with Gasteiger partial charge < -0.3 is 19.7 Å². The number of nitrogens with one attached hydrogen (secondary N) is 1. The van der Waals surface area contributed by atoms with Gasteiger partial charge in [-0.2, -0.15) is 0 Å². The van der Waals surface area contributed by atoms with Gasteiger partial charge in [0.05, 0.1) is 12.2 Å². The lowest BCUT2D eigenvalue weighted by molar-refractivity contribution is -0.0906. The molecular formula is C18H20N2O4S. The molecule has 0 aromatic carbocycles. The van der Waals surface area contributed by atoms with Crippen LogP contribution in [0.5, 0.6) is 0 Å². The van der Waals surface area contributed by atoms with Gasteiger partial charge in [0.15, 0.2) is 0 Å². The molecule has 7 heteroatoms. The van der Waals surface area contributed by atoms with Gasteiger partial charge in [0.1, 0.15) is 10.5 Å². The fourth-order valence-corrected chi connectivity index (χ4v) is 5.07. The number of piperidine rings is 1. The molecule has 4 rings (SSSR count). The fraction of sp³-hybridized carbons (Fsp3) is 0.444. The zero-order valence-corrected chi connectivity index (χ0v) is 14.8. The summed E-state index contributed by atoms with van der Waals surface area (Å²) in [4.78, 5) is 30.3. The van der Waals surface area contributed by atoms with Crippen molar-refractivity contribution in [3.63, 3.8) is 0 Å². The minimum Gasteiger partial charge on any atom is -0.477 e. The Labute approximate surface area is 149 Å². The standard InChI is InChI=1S/C18H20N2O4S/c1-11-13(2-6-19-11)16(21)20-7-4-18(5-8-20)15-12(3-9-24-18)10-14(25-15)17(22)23/h2,6,10,19H,3-5,7-9H2,1H3,(H,22,23). The van der Waals surface area contributed by atoms with Crippen LogP contribution in [0.1, 0.15) is 49.0 Å². The van der Waals surface area contributed by atoms with Gasteiger partial charge >= 0.3 is 5.97 Å². The van der Waals surface area contributed by atoms with E-state index < -0.39 is 11.6 Å². The Morgan fingerprint density at radius 2 is 2.12 bits per heavy atom. The molecule has 1 amide bonds. The maximum Gasteiger partial charge on any atom is 0.345 e. The Morgan fingerprint density at radius 3 is 2.76 bits per heavy atom. The Hall–Kier alpha value is -2.12. The van der Waals surface area contributed by atoms with Crippen molar-refractivity contribution in [2.24, 2.45) is 0 Å². The first-order chi connectivity index (χ1) is 12.0. The van der Waals surface area contributed by atoms with Crippen LogP contribution in [0, 0.1) is 6.92 Å². The molecule has 132 valence electrons. The first-order valence-corrected chi connectivity index (χ1v) is 9.25. The number of carboxylic acid groups (broad SMARTS) is 1. The number of carbonyl (C=O) groups is 2. The lowest BCUT2D eigenvalue weighted by Crippen LogP contribution is -2.47. The molecule has 0 radical (unpaired) electrons. The van der Waals surface area contributed by atoms with Crippen LogP contribution in [0.25, 0.3) is 0 Å². The summed E-state index contributed by atoms with van der Waals surface area (Å²) in [5.41, 5.74) is 2.25. The van der Waals surface area contributed by atoms with Crippen molar-refractivity contribution >= 4 is 23.2 Å². The molecule has 2 N–H and O–H groups in total. The predicted molar refractivity (Wildman–Crippen MR) is 93.3 cm³/mol. The van der Waals surface area contributed by atoms with E-state index >= 15 is 0 Å². The second kappa shape index (κ2) is 6.00.